The van der Waals surface area contributed by atoms with Crippen molar-refractivity contribution in [2.24, 2.45) is 0 Å². The predicted molar refractivity (Wildman–Crippen MR) is 54.8 cm³/mol. The number of H-pyrrole nitrogens is 1. The van der Waals surface area contributed by atoms with E-state index in [1.807, 2.05) is 0 Å². The molecule has 1 aromatic carbocycles. The number of aromatic nitrogens is 2. The van der Waals surface area contributed by atoms with Gasteiger partial charge in [-0.2, -0.15) is 8.78 Å². The molecule has 2 aromatic rings. The van der Waals surface area contributed by atoms with Crippen molar-refractivity contribution in [3.05, 3.63) is 16.6 Å². The number of hydrogen-bond donors (Lipinski definition) is 2. The first-order valence-corrected chi connectivity index (χ1v) is 4.75. The number of hydrogen-bond acceptors (Lipinski definition) is 3. The molecule has 80 valence electrons. The zero-order valence-electron chi connectivity index (χ0n) is 7.30. The van der Waals surface area contributed by atoms with Crippen LogP contribution in [0.25, 0.3) is 11.0 Å². The fraction of sp³-hybridized carbons (Fsp3) is 0.125. The topological polar surface area (TPSA) is 63.9 Å². The van der Waals surface area contributed by atoms with Gasteiger partial charge in [0.25, 0.3) is 0 Å². The zero-order chi connectivity index (χ0) is 11.0. The lowest BCUT2D eigenvalue weighted by Crippen LogP contribution is -2.02. The Bertz CT molecular complexity index is 500. The maximum absolute atomic E-state index is 12.0. The highest BCUT2D eigenvalue weighted by molar-refractivity contribution is 9.10. The quantitative estimate of drug-likeness (QED) is 0.887. The summed E-state index contributed by atoms with van der Waals surface area (Å²) in [5.74, 6) is 0.254. The number of fused-ring (bicyclic) bond motifs is 1. The molecule has 15 heavy (non-hydrogen) atoms. The molecule has 0 saturated carbocycles. The van der Waals surface area contributed by atoms with E-state index >= 15 is 0 Å². The molecule has 0 unspecified atom stereocenters. The lowest BCUT2D eigenvalue weighted by Gasteiger charge is -2.06. The van der Waals surface area contributed by atoms with Crippen LogP contribution in [0.4, 0.5) is 14.7 Å². The van der Waals surface area contributed by atoms with Gasteiger partial charge in [-0.15, -0.1) is 0 Å². The molecule has 0 bridgehead atoms. The van der Waals surface area contributed by atoms with Crippen LogP contribution in [-0.2, 0) is 0 Å². The number of nitrogens with zero attached hydrogens (tertiary/aromatic N) is 1. The van der Waals surface area contributed by atoms with Crippen LogP contribution in [0.5, 0.6) is 5.75 Å². The molecular formula is C8H6BrF2N3O. The number of benzene rings is 1. The Labute approximate surface area is 91.6 Å². The van der Waals surface area contributed by atoms with E-state index in [-0.39, 0.29) is 11.7 Å². The van der Waals surface area contributed by atoms with Crippen LogP contribution in [0.15, 0.2) is 16.6 Å². The molecule has 0 aliphatic carbocycles. The van der Waals surface area contributed by atoms with Crippen molar-refractivity contribution in [2.45, 2.75) is 6.61 Å². The number of nitrogens with one attached hydrogen (secondary N) is 1. The van der Waals surface area contributed by atoms with E-state index in [0.29, 0.717) is 15.5 Å². The van der Waals surface area contributed by atoms with Crippen molar-refractivity contribution in [3.63, 3.8) is 0 Å². The molecular weight excluding hydrogens is 272 g/mol. The standard InChI is InChI=1S/C8H6BrF2N3O/c9-5-4(15-7(10)11)2-1-3-6(5)14-8(12)13-3/h1-2,7H,(H3,12,13,14). The van der Waals surface area contributed by atoms with Gasteiger partial charge in [0.15, 0.2) is 5.95 Å². The van der Waals surface area contributed by atoms with E-state index in [1.54, 1.807) is 6.07 Å². The Kier molecular flexibility index (Phi) is 2.47. The normalized spacial score (nSPS) is 11.2. The number of nitrogens with two attached hydrogens (primary N) is 1. The summed E-state index contributed by atoms with van der Waals surface area (Å²) < 4.78 is 28.7. The van der Waals surface area contributed by atoms with Crippen LogP contribution in [0.1, 0.15) is 0 Å². The Morgan fingerprint density at radius 2 is 2.20 bits per heavy atom. The van der Waals surface area contributed by atoms with Crippen LogP contribution >= 0.6 is 15.9 Å². The highest BCUT2D eigenvalue weighted by Gasteiger charge is 2.13. The molecule has 0 spiro atoms. The second-order valence-corrected chi connectivity index (χ2v) is 3.57. The molecule has 0 aliphatic heterocycles. The third-order valence-electron chi connectivity index (χ3n) is 1.79. The molecule has 0 radical (unpaired) electrons. The first-order valence-electron chi connectivity index (χ1n) is 3.96. The fourth-order valence-electron chi connectivity index (χ4n) is 1.23. The van der Waals surface area contributed by atoms with E-state index in [0.717, 1.165) is 0 Å². The number of anilines is 1. The number of imidazole rings is 1. The van der Waals surface area contributed by atoms with Gasteiger partial charge in [-0.1, -0.05) is 0 Å². The van der Waals surface area contributed by atoms with Crippen LogP contribution in [-0.4, -0.2) is 16.6 Å². The molecule has 0 atom stereocenters. The molecule has 0 fully saturated rings. The largest absolute Gasteiger partial charge is 0.434 e. The zero-order valence-corrected chi connectivity index (χ0v) is 8.88. The van der Waals surface area contributed by atoms with Crippen LogP contribution in [0.2, 0.25) is 0 Å². The molecule has 3 N–H and O–H groups in total. The van der Waals surface area contributed by atoms with Crippen molar-refractivity contribution in [1.82, 2.24) is 9.97 Å². The third-order valence-corrected chi connectivity index (χ3v) is 2.56. The molecule has 1 heterocycles. The number of alkyl halides is 2. The highest BCUT2D eigenvalue weighted by atomic mass is 79.9. The average Bonchev–Trinajstić information content (AvgIpc) is 2.51. The number of aromatic amines is 1. The summed E-state index contributed by atoms with van der Waals surface area (Å²) in [5, 5.41) is 0. The minimum absolute atomic E-state index is 0.0315. The Balaban J connectivity index is 2.54. The van der Waals surface area contributed by atoms with Gasteiger partial charge in [0.05, 0.1) is 9.99 Å². The number of rotatable bonds is 2. The highest BCUT2D eigenvalue weighted by Crippen LogP contribution is 2.33. The lowest BCUT2D eigenvalue weighted by molar-refractivity contribution is -0.0502. The maximum Gasteiger partial charge on any atom is 0.387 e. The van der Waals surface area contributed by atoms with E-state index in [9.17, 15) is 8.78 Å². The van der Waals surface area contributed by atoms with Crippen molar-refractivity contribution >= 4 is 32.9 Å². The van der Waals surface area contributed by atoms with Gasteiger partial charge in [0.1, 0.15) is 11.3 Å². The Hall–Kier alpha value is -1.37. The number of halogens is 3. The lowest BCUT2D eigenvalue weighted by atomic mass is 10.3. The summed E-state index contributed by atoms with van der Waals surface area (Å²) in [6, 6.07) is 2.98. The summed E-state index contributed by atoms with van der Waals surface area (Å²) in [4.78, 5) is 6.70. The van der Waals surface area contributed by atoms with E-state index in [2.05, 4.69) is 30.6 Å². The molecule has 1 aromatic heterocycles. The monoisotopic (exact) mass is 277 g/mol. The molecule has 0 saturated heterocycles. The van der Waals surface area contributed by atoms with Crippen molar-refractivity contribution in [3.8, 4) is 5.75 Å². The SMILES string of the molecule is Nc1nc2c(Br)c(OC(F)F)ccc2[nH]1. The third kappa shape index (κ3) is 1.87. The first-order chi connectivity index (χ1) is 7.08. The van der Waals surface area contributed by atoms with Crippen molar-refractivity contribution < 1.29 is 13.5 Å². The van der Waals surface area contributed by atoms with Gasteiger partial charge in [0, 0.05) is 0 Å². The number of nitrogen functional groups attached to an aromatic ring is 1. The summed E-state index contributed by atoms with van der Waals surface area (Å²) in [6.07, 6.45) is 0. The van der Waals surface area contributed by atoms with Crippen LogP contribution in [0.3, 0.4) is 0 Å². The van der Waals surface area contributed by atoms with E-state index in [1.165, 1.54) is 6.07 Å². The summed E-state index contributed by atoms with van der Waals surface area (Å²) in [7, 11) is 0. The summed E-state index contributed by atoms with van der Waals surface area (Å²) >= 11 is 3.13. The van der Waals surface area contributed by atoms with Gasteiger partial charge in [-0.25, -0.2) is 4.98 Å². The van der Waals surface area contributed by atoms with Gasteiger partial charge < -0.3 is 15.5 Å². The molecule has 4 nitrogen and oxygen atoms in total. The Morgan fingerprint density at radius 3 is 2.87 bits per heavy atom. The van der Waals surface area contributed by atoms with Crippen molar-refractivity contribution in [1.29, 1.82) is 0 Å². The average molecular weight is 278 g/mol. The van der Waals surface area contributed by atoms with E-state index < -0.39 is 6.61 Å². The smallest absolute Gasteiger partial charge is 0.387 e. The van der Waals surface area contributed by atoms with Crippen LogP contribution in [0, 0.1) is 0 Å². The summed E-state index contributed by atoms with van der Waals surface area (Å²) in [5.41, 5.74) is 6.55. The molecule has 7 heteroatoms. The van der Waals surface area contributed by atoms with Gasteiger partial charge in [-0.3, -0.25) is 0 Å². The minimum Gasteiger partial charge on any atom is -0.434 e. The summed E-state index contributed by atoms with van der Waals surface area (Å²) in [6.45, 7) is -2.87. The van der Waals surface area contributed by atoms with Gasteiger partial charge in [-0.05, 0) is 28.1 Å². The van der Waals surface area contributed by atoms with Gasteiger partial charge in [0.2, 0.25) is 0 Å². The Morgan fingerprint density at radius 1 is 1.47 bits per heavy atom. The molecule has 0 amide bonds. The van der Waals surface area contributed by atoms with E-state index in [4.69, 9.17) is 5.73 Å². The minimum atomic E-state index is -2.87. The first kappa shape index (κ1) is 10.2. The van der Waals surface area contributed by atoms with Crippen molar-refractivity contribution in [2.75, 3.05) is 5.73 Å². The molecule has 0 aliphatic rings. The number of ether oxygens (including phenoxy) is 1. The molecule has 2 rings (SSSR count). The fourth-order valence-corrected chi connectivity index (χ4v) is 1.76. The maximum atomic E-state index is 12.0. The second-order valence-electron chi connectivity index (χ2n) is 2.77. The predicted octanol–water partition coefficient (Wildman–Crippen LogP) is 2.51. The second kappa shape index (κ2) is 3.65. The van der Waals surface area contributed by atoms with Crippen LogP contribution < -0.4 is 10.5 Å². The van der Waals surface area contributed by atoms with Gasteiger partial charge >= 0.3 is 6.61 Å².